The molecule has 3 aromatic heterocycles. The van der Waals surface area contributed by atoms with Gasteiger partial charge in [-0.1, -0.05) is 91.0 Å². The van der Waals surface area contributed by atoms with Crippen LogP contribution in [-0.4, -0.2) is 14.5 Å². The van der Waals surface area contributed by atoms with Crippen LogP contribution in [0.5, 0.6) is 0 Å². The summed E-state index contributed by atoms with van der Waals surface area (Å²) in [4.78, 5) is 11.8. The van der Waals surface area contributed by atoms with E-state index in [9.17, 15) is 0 Å². The molecule has 0 unspecified atom stereocenters. The highest BCUT2D eigenvalue weighted by atomic mass is 16.4. The third kappa shape index (κ3) is 5.43. The highest BCUT2D eigenvalue weighted by Gasteiger charge is 2.19. The highest BCUT2D eigenvalue weighted by molar-refractivity contribution is 6.10. The summed E-state index contributed by atoms with van der Waals surface area (Å²) in [7, 11) is 0. The molecule has 0 aliphatic heterocycles. The second-order valence-electron chi connectivity index (χ2n) is 13.9. The van der Waals surface area contributed by atoms with Crippen LogP contribution in [0.15, 0.2) is 203 Å². The van der Waals surface area contributed by atoms with Crippen molar-refractivity contribution in [2.75, 3.05) is 4.90 Å². The molecule has 6 heteroatoms. The van der Waals surface area contributed by atoms with Crippen molar-refractivity contribution in [3.05, 3.63) is 194 Å². The molecule has 11 rings (SSSR count). The van der Waals surface area contributed by atoms with Gasteiger partial charge in [-0.15, -0.1) is 0 Å². The van der Waals surface area contributed by atoms with Gasteiger partial charge in [0.2, 0.25) is 11.8 Å². The molecule has 56 heavy (non-hydrogen) atoms. The predicted octanol–water partition coefficient (Wildman–Crippen LogP) is 13.5. The van der Waals surface area contributed by atoms with Crippen LogP contribution in [0.3, 0.4) is 0 Å². The zero-order valence-corrected chi connectivity index (χ0v) is 30.1. The molecule has 8 aromatic carbocycles. The third-order valence-electron chi connectivity index (χ3n) is 10.4. The molecule has 0 saturated heterocycles. The lowest BCUT2D eigenvalue weighted by Crippen LogP contribution is -2.09. The number of anilines is 3. The molecule has 0 aliphatic rings. The van der Waals surface area contributed by atoms with E-state index < -0.39 is 0 Å². The Morgan fingerprint density at radius 1 is 0.375 bits per heavy atom. The summed E-state index contributed by atoms with van der Waals surface area (Å²) in [6, 6.07) is 67.0. The van der Waals surface area contributed by atoms with E-state index in [1.165, 1.54) is 21.8 Å². The Morgan fingerprint density at radius 2 is 0.875 bits per heavy atom. The summed E-state index contributed by atoms with van der Waals surface area (Å²) < 4.78 is 15.0. The number of benzene rings is 8. The maximum absolute atomic E-state index is 6.34. The first-order valence-corrected chi connectivity index (χ1v) is 18.6. The van der Waals surface area contributed by atoms with E-state index in [2.05, 4.69) is 131 Å². The Morgan fingerprint density at radius 3 is 1.48 bits per heavy atom. The van der Waals surface area contributed by atoms with Crippen molar-refractivity contribution in [3.63, 3.8) is 0 Å². The van der Waals surface area contributed by atoms with Crippen molar-refractivity contribution in [2.24, 2.45) is 0 Å². The summed E-state index contributed by atoms with van der Waals surface area (Å²) in [6.07, 6.45) is 0. The van der Waals surface area contributed by atoms with Crippen LogP contribution in [0, 0.1) is 0 Å². The van der Waals surface area contributed by atoms with Gasteiger partial charge in [-0.05, 0) is 102 Å². The van der Waals surface area contributed by atoms with Gasteiger partial charge in [0.05, 0.1) is 11.0 Å². The van der Waals surface area contributed by atoms with Crippen molar-refractivity contribution in [3.8, 4) is 39.7 Å². The van der Waals surface area contributed by atoms with E-state index in [1.807, 2.05) is 72.8 Å². The summed E-state index contributed by atoms with van der Waals surface area (Å²) >= 11 is 0. The minimum atomic E-state index is 0.592. The molecule has 0 amide bonds. The zero-order chi connectivity index (χ0) is 37.0. The van der Waals surface area contributed by atoms with Gasteiger partial charge in [-0.3, -0.25) is 0 Å². The van der Waals surface area contributed by atoms with Crippen LogP contribution in [0.25, 0.3) is 83.7 Å². The van der Waals surface area contributed by atoms with Crippen molar-refractivity contribution >= 4 is 61.1 Å². The zero-order valence-electron chi connectivity index (χ0n) is 30.1. The summed E-state index contributed by atoms with van der Waals surface area (Å²) in [6.45, 7) is 0. The standard InChI is InChI=1S/C50H32N4O2/c1-4-12-34(13-5-1)49-51-43-27-25-39(31-47(43)55-49)53(40-26-28-44-48(32-40)56-50(52-44)35-14-6-2-7-15-35)38-23-20-33(21-24-38)36-22-29-46-42(30-36)41-18-10-11-19-45(41)54(46)37-16-8-3-9-17-37/h1-32H. The molecule has 0 spiro atoms. The molecule has 264 valence electrons. The first-order chi connectivity index (χ1) is 27.7. The smallest absolute Gasteiger partial charge is 0.227 e. The lowest BCUT2D eigenvalue weighted by molar-refractivity contribution is 0.620. The molecule has 0 N–H and O–H groups in total. The average molecular weight is 721 g/mol. The van der Waals surface area contributed by atoms with E-state index in [0.717, 1.165) is 56.0 Å². The van der Waals surface area contributed by atoms with Gasteiger partial charge in [0.1, 0.15) is 11.0 Å². The van der Waals surface area contributed by atoms with Crippen LogP contribution >= 0.6 is 0 Å². The number of fused-ring (bicyclic) bond motifs is 5. The number of oxazole rings is 2. The van der Waals surface area contributed by atoms with Gasteiger partial charge in [0, 0.05) is 56.8 Å². The predicted molar refractivity (Wildman–Crippen MR) is 227 cm³/mol. The number of aromatic nitrogens is 3. The molecule has 3 heterocycles. The van der Waals surface area contributed by atoms with Gasteiger partial charge in [0.25, 0.3) is 0 Å². The lowest BCUT2D eigenvalue weighted by atomic mass is 10.0. The molecule has 0 fully saturated rings. The van der Waals surface area contributed by atoms with Crippen molar-refractivity contribution in [1.29, 1.82) is 0 Å². The second-order valence-corrected chi connectivity index (χ2v) is 13.9. The molecular formula is C50H32N4O2. The number of hydrogen-bond acceptors (Lipinski definition) is 5. The first-order valence-electron chi connectivity index (χ1n) is 18.6. The van der Waals surface area contributed by atoms with E-state index in [0.29, 0.717) is 22.9 Å². The maximum Gasteiger partial charge on any atom is 0.227 e. The van der Waals surface area contributed by atoms with Crippen LogP contribution in [0.1, 0.15) is 0 Å². The average Bonchev–Trinajstić information content (AvgIpc) is 3.99. The summed E-state index contributed by atoms with van der Waals surface area (Å²) in [5.74, 6) is 1.18. The molecular weight excluding hydrogens is 689 g/mol. The summed E-state index contributed by atoms with van der Waals surface area (Å²) in [5, 5.41) is 2.45. The van der Waals surface area contributed by atoms with Gasteiger partial charge < -0.3 is 18.3 Å². The van der Waals surface area contributed by atoms with E-state index in [-0.39, 0.29) is 0 Å². The Hall–Kier alpha value is -7.70. The van der Waals surface area contributed by atoms with Gasteiger partial charge >= 0.3 is 0 Å². The fourth-order valence-electron chi connectivity index (χ4n) is 7.77. The molecule has 0 radical (unpaired) electrons. The van der Waals surface area contributed by atoms with Crippen molar-refractivity contribution < 1.29 is 8.83 Å². The van der Waals surface area contributed by atoms with Gasteiger partial charge in [-0.2, -0.15) is 0 Å². The van der Waals surface area contributed by atoms with E-state index in [1.54, 1.807) is 0 Å². The van der Waals surface area contributed by atoms with Crippen LogP contribution < -0.4 is 4.90 Å². The quantitative estimate of drug-likeness (QED) is 0.164. The lowest BCUT2D eigenvalue weighted by Gasteiger charge is -2.25. The number of rotatable bonds is 7. The van der Waals surface area contributed by atoms with E-state index in [4.69, 9.17) is 18.8 Å². The summed E-state index contributed by atoms with van der Waals surface area (Å²) in [5.41, 5.74) is 13.5. The van der Waals surface area contributed by atoms with Crippen LogP contribution in [0.4, 0.5) is 17.1 Å². The highest BCUT2D eigenvalue weighted by Crippen LogP contribution is 2.40. The first kappa shape index (κ1) is 31.8. The van der Waals surface area contributed by atoms with Crippen molar-refractivity contribution in [2.45, 2.75) is 0 Å². The van der Waals surface area contributed by atoms with Crippen molar-refractivity contribution in [1.82, 2.24) is 14.5 Å². The topological polar surface area (TPSA) is 60.2 Å². The van der Waals surface area contributed by atoms with E-state index >= 15 is 0 Å². The third-order valence-corrected chi connectivity index (χ3v) is 10.4. The minimum Gasteiger partial charge on any atom is -0.436 e. The second kappa shape index (κ2) is 13.0. The Kier molecular flexibility index (Phi) is 7.38. The largest absolute Gasteiger partial charge is 0.436 e. The Balaban J connectivity index is 1.01. The number of hydrogen-bond donors (Lipinski definition) is 0. The number of para-hydroxylation sites is 2. The fourth-order valence-corrected chi connectivity index (χ4v) is 7.77. The van der Waals surface area contributed by atoms with Crippen LogP contribution in [-0.2, 0) is 0 Å². The Labute approximate surface area is 322 Å². The molecule has 11 aromatic rings. The Bertz CT molecular complexity index is 3070. The molecule has 0 bridgehead atoms. The SMILES string of the molecule is c1ccc(-c2nc3ccc(N(c4ccc(-c5ccc6c(c5)c5ccccc5n6-c5ccccc5)cc4)c4ccc5nc(-c6ccccc6)oc5c4)cc3o2)cc1. The molecule has 0 atom stereocenters. The molecule has 0 saturated carbocycles. The normalized spacial score (nSPS) is 11.6. The number of nitrogens with zero attached hydrogens (tertiary/aromatic N) is 4. The molecule has 6 nitrogen and oxygen atoms in total. The molecule has 0 aliphatic carbocycles. The van der Waals surface area contributed by atoms with Gasteiger partial charge in [0.15, 0.2) is 11.2 Å². The van der Waals surface area contributed by atoms with Crippen LogP contribution in [0.2, 0.25) is 0 Å². The fraction of sp³-hybridized carbons (Fsp3) is 0. The maximum atomic E-state index is 6.34. The monoisotopic (exact) mass is 720 g/mol. The van der Waals surface area contributed by atoms with Gasteiger partial charge in [-0.25, -0.2) is 9.97 Å². The minimum absolute atomic E-state index is 0.592.